The van der Waals surface area contributed by atoms with Gasteiger partial charge in [-0.15, -0.1) is 6.58 Å². The fourth-order valence-electron chi connectivity index (χ4n) is 0.307. The molecule has 0 aromatic carbocycles. The Hall–Kier alpha value is 0.0500. The fourth-order valence-corrected chi connectivity index (χ4v) is 0.920. The van der Waals surface area contributed by atoms with Gasteiger partial charge in [-0.3, -0.25) is 0 Å². The number of aliphatic hydroxyl groups is 1. The summed E-state index contributed by atoms with van der Waals surface area (Å²) in [5.74, 6) is 0.813. The second kappa shape index (κ2) is 5.19. The first-order chi connectivity index (χ1) is 3.81. The molecular weight excluding hydrogens is 120 g/mol. The summed E-state index contributed by atoms with van der Waals surface area (Å²) < 4.78 is 0. The molecule has 2 heteroatoms. The van der Waals surface area contributed by atoms with Gasteiger partial charge in [0.05, 0.1) is 6.61 Å². The van der Waals surface area contributed by atoms with Crippen molar-refractivity contribution in [3.05, 3.63) is 12.7 Å². The molecule has 48 valence electrons. The minimum atomic E-state index is 0.267. The third-order valence-corrected chi connectivity index (χ3v) is 1.94. The Bertz CT molecular complexity index is 63.5. The van der Waals surface area contributed by atoms with E-state index in [4.69, 9.17) is 5.11 Å². The van der Waals surface area contributed by atoms with Crippen LogP contribution in [-0.4, -0.2) is 22.7 Å². The van der Waals surface area contributed by atoms with Crippen molar-refractivity contribution >= 4 is 11.8 Å². The van der Waals surface area contributed by atoms with E-state index >= 15 is 0 Å². The Morgan fingerprint density at radius 1 is 1.88 bits per heavy atom. The van der Waals surface area contributed by atoms with Crippen LogP contribution in [0.2, 0.25) is 0 Å². The Morgan fingerprint density at radius 2 is 2.50 bits per heavy atom. The molecule has 8 heavy (non-hydrogen) atoms. The molecule has 0 aliphatic carbocycles. The smallest absolute Gasteiger partial charge is 0.0521 e. The minimum absolute atomic E-state index is 0.267. The lowest BCUT2D eigenvalue weighted by Gasteiger charge is -2.00. The van der Waals surface area contributed by atoms with Crippen LogP contribution in [0.15, 0.2) is 12.7 Å². The molecule has 0 saturated carbocycles. The maximum Gasteiger partial charge on any atom is 0.0521 e. The molecule has 0 heterocycles. The highest BCUT2D eigenvalue weighted by Gasteiger charge is 1.92. The second-order valence-electron chi connectivity index (χ2n) is 1.54. The molecule has 0 rings (SSSR count). The molecule has 1 N–H and O–H groups in total. The molecule has 0 aliphatic heterocycles. The third kappa shape index (κ3) is 4.22. The van der Waals surface area contributed by atoms with E-state index < -0.39 is 0 Å². The van der Waals surface area contributed by atoms with Crippen LogP contribution in [0.4, 0.5) is 0 Å². The van der Waals surface area contributed by atoms with E-state index in [1.54, 1.807) is 11.8 Å². The van der Waals surface area contributed by atoms with Crippen LogP contribution in [-0.2, 0) is 0 Å². The SMILES string of the molecule is C=CC(C)SCCO. The third-order valence-electron chi connectivity index (χ3n) is 0.804. The summed E-state index contributed by atoms with van der Waals surface area (Å²) >= 11 is 1.71. The first-order valence-corrected chi connectivity index (χ1v) is 3.71. The lowest BCUT2D eigenvalue weighted by molar-refractivity contribution is 0.322. The van der Waals surface area contributed by atoms with Crippen LogP contribution in [0, 0.1) is 0 Å². The molecule has 1 unspecified atom stereocenters. The predicted octanol–water partition coefficient (Wildman–Crippen LogP) is 1.29. The zero-order valence-electron chi connectivity index (χ0n) is 5.13. The van der Waals surface area contributed by atoms with Crippen molar-refractivity contribution in [3.8, 4) is 0 Å². The van der Waals surface area contributed by atoms with E-state index in [0.717, 1.165) is 5.75 Å². The van der Waals surface area contributed by atoms with Crippen LogP contribution in [0.3, 0.4) is 0 Å². The quantitative estimate of drug-likeness (QED) is 0.582. The monoisotopic (exact) mass is 132 g/mol. The summed E-state index contributed by atoms with van der Waals surface area (Å²) in [4.78, 5) is 0. The van der Waals surface area contributed by atoms with E-state index in [2.05, 4.69) is 13.5 Å². The topological polar surface area (TPSA) is 20.2 Å². The van der Waals surface area contributed by atoms with Gasteiger partial charge in [0, 0.05) is 11.0 Å². The predicted molar refractivity (Wildman–Crippen MR) is 39.2 cm³/mol. The van der Waals surface area contributed by atoms with Gasteiger partial charge in [-0.25, -0.2) is 0 Å². The van der Waals surface area contributed by atoms with Gasteiger partial charge in [-0.1, -0.05) is 6.08 Å². The summed E-state index contributed by atoms with van der Waals surface area (Å²) in [7, 11) is 0. The Morgan fingerprint density at radius 3 is 2.88 bits per heavy atom. The molecule has 0 saturated heterocycles. The zero-order chi connectivity index (χ0) is 6.41. The summed E-state index contributed by atoms with van der Waals surface area (Å²) in [6.07, 6.45) is 1.88. The molecular formula is C6H12OS. The number of aliphatic hydroxyl groups excluding tert-OH is 1. The summed E-state index contributed by atoms with van der Waals surface area (Å²) in [5.41, 5.74) is 0. The molecule has 0 fully saturated rings. The highest BCUT2D eigenvalue weighted by atomic mass is 32.2. The molecule has 1 nitrogen and oxygen atoms in total. The normalized spacial score (nSPS) is 13.2. The van der Waals surface area contributed by atoms with Gasteiger partial charge in [-0.05, 0) is 6.92 Å². The molecule has 0 aromatic rings. The van der Waals surface area contributed by atoms with Crippen molar-refractivity contribution in [2.75, 3.05) is 12.4 Å². The van der Waals surface area contributed by atoms with Gasteiger partial charge in [-0.2, -0.15) is 11.8 Å². The molecule has 0 aromatic heterocycles. The van der Waals surface area contributed by atoms with Crippen molar-refractivity contribution < 1.29 is 5.11 Å². The Kier molecular flexibility index (Phi) is 5.22. The van der Waals surface area contributed by atoms with Crippen LogP contribution in [0.25, 0.3) is 0 Å². The first kappa shape index (κ1) is 8.05. The Balaban J connectivity index is 2.98. The lowest BCUT2D eigenvalue weighted by Crippen LogP contribution is -1.94. The molecule has 0 spiro atoms. The summed E-state index contributed by atoms with van der Waals surface area (Å²) in [6.45, 7) is 5.94. The zero-order valence-corrected chi connectivity index (χ0v) is 5.95. The highest BCUT2D eigenvalue weighted by Crippen LogP contribution is 2.08. The van der Waals surface area contributed by atoms with Crippen molar-refractivity contribution in [3.63, 3.8) is 0 Å². The van der Waals surface area contributed by atoms with Crippen LogP contribution >= 0.6 is 11.8 Å². The van der Waals surface area contributed by atoms with Crippen molar-refractivity contribution in [2.24, 2.45) is 0 Å². The summed E-state index contributed by atoms with van der Waals surface area (Å²) in [5, 5.41) is 8.83. The van der Waals surface area contributed by atoms with Gasteiger partial charge in [0.15, 0.2) is 0 Å². The van der Waals surface area contributed by atoms with Gasteiger partial charge in [0.25, 0.3) is 0 Å². The standard InChI is InChI=1S/C6H12OS/c1-3-6(2)8-5-4-7/h3,6-7H,1,4-5H2,2H3. The first-order valence-electron chi connectivity index (χ1n) is 2.66. The van der Waals surface area contributed by atoms with Gasteiger partial charge < -0.3 is 5.11 Å². The van der Waals surface area contributed by atoms with Crippen LogP contribution < -0.4 is 0 Å². The van der Waals surface area contributed by atoms with Crippen molar-refractivity contribution in [1.82, 2.24) is 0 Å². The van der Waals surface area contributed by atoms with E-state index in [9.17, 15) is 0 Å². The largest absolute Gasteiger partial charge is 0.396 e. The van der Waals surface area contributed by atoms with Crippen molar-refractivity contribution in [1.29, 1.82) is 0 Å². The number of hydrogen-bond acceptors (Lipinski definition) is 2. The average Bonchev–Trinajstić information content (AvgIpc) is 1.83. The van der Waals surface area contributed by atoms with E-state index in [-0.39, 0.29) is 6.61 Å². The van der Waals surface area contributed by atoms with E-state index in [1.165, 1.54) is 0 Å². The molecule has 0 amide bonds. The summed E-state index contributed by atoms with van der Waals surface area (Å²) in [6, 6.07) is 0. The van der Waals surface area contributed by atoms with Crippen molar-refractivity contribution in [2.45, 2.75) is 12.2 Å². The maximum absolute atomic E-state index is 8.36. The average molecular weight is 132 g/mol. The van der Waals surface area contributed by atoms with Crippen LogP contribution in [0.1, 0.15) is 6.92 Å². The number of thioether (sulfide) groups is 1. The molecule has 0 aliphatic rings. The molecule has 0 bridgehead atoms. The molecule has 1 atom stereocenters. The van der Waals surface area contributed by atoms with Gasteiger partial charge >= 0.3 is 0 Å². The highest BCUT2D eigenvalue weighted by molar-refractivity contribution is 8.00. The number of hydrogen-bond donors (Lipinski definition) is 1. The van der Waals surface area contributed by atoms with E-state index in [1.807, 2.05) is 6.08 Å². The van der Waals surface area contributed by atoms with Gasteiger partial charge in [0.2, 0.25) is 0 Å². The van der Waals surface area contributed by atoms with Gasteiger partial charge in [0.1, 0.15) is 0 Å². The number of rotatable bonds is 4. The molecule has 0 radical (unpaired) electrons. The Labute approximate surface area is 54.8 Å². The minimum Gasteiger partial charge on any atom is -0.396 e. The second-order valence-corrected chi connectivity index (χ2v) is 3.02. The maximum atomic E-state index is 8.36. The lowest BCUT2D eigenvalue weighted by atomic mass is 10.5. The van der Waals surface area contributed by atoms with E-state index in [0.29, 0.717) is 5.25 Å². The fraction of sp³-hybridized carbons (Fsp3) is 0.667. The van der Waals surface area contributed by atoms with Crippen LogP contribution in [0.5, 0.6) is 0 Å².